The first-order valence-electron chi connectivity index (χ1n) is 6.47. The van der Waals surface area contributed by atoms with Crippen LogP contribution in [0.1, 0.15) is 69.2 Å². The summed E-state index contributed by atoms with van der Waals surface area (Å²) >= 11 is 0. The Hall–Kier alpha value is 0.860. The zero-order chi connectivity index (χ0) is 13.3. The molecule has 0 radical (unpaired) electrons. The summed E-state index contributed by atoms with van der Waals surface area (Å²) < 4.78 is 0. The van der Waals surface area contributed by atoms with Crippen LogP contribution in [-0.4, -0.2) is 21.6 Å². The second kappa shape index (κ2) is 5.67. The van der Waals surface area contributed by atoms with E-state index in [0.29, 0.717) is 10.3 Å². The minimum atomic E-state index is 0.113. The second-order valence-electron chi connectivity index (χ2n) is 7.22. The third-order valence-corrected chi connectivity index (χ3v) is 15.5. The van der Waals surface area contributed by atoms with Crippen molar-refractivity contribution in [2.75, 3.05) is 0 Å². The molecule has 16 heavy (non-hydrogen) atoms. The minimum absolute atomic E-state index is 0.113. The first kappa shape index (κ1) is 16.9. The Morgan fingerprint density at radius 3 is 0.812 bits per heavy atom. The summed E-state index contributed by atoms with van der Waals surface area (Å²) in [5.41, 5.74) is 1.70. The third kappa shape index (κ3) is 4.62. The Labute approximate surface area is 106 Å². The quantitative estimate of drug-likeness (QED) is 0.525. The topological polar surface area (TPSA) is 0 Å². The van der Waals surface area contributed by atoms with E-state index in [4.69, 9.17) is 0 Å². The average Bonchev–Trinajstić information content (AvgIpc) is 1.92. The van der Waals surface area contributed by atoms with Crippen LogP contribution in [0.2, 0.25) is 0 Å². The Morgan fingerprint density at radius 2 is 0.750 bits per heavy atom. The van der Waals surface area contributed by atoms with E-state index in [2.05, 4.69) is 69.2 Å². The first-order valence-corrected chi connectivity index (χ1v) is 10.0. The van der Waals surface area contributed by atoms with E-state index in [0.717, 1.165) is 11.3 Å². The molecule has 0 saturated heterocycles. The zero-order valence-electron chi connectivity index (χ0n) is 13.0. The summed E-state index contributed by atoms with van der Waals surface area (Å²) in [7, 11) is 0.226. The first-order chi connectivity index (χ1) is 6.89. The third-order valence-electron chi connectivity index (χ3n) is 2.59. The van der Waals surface area contributed by atoms with Crippen molar-refractivity contribution in [1.29, 1.82) is 0 Å². The summed E-state index contributed by atoms with van der Waals surface area (Å²) in [6.07, 6.45) is 0. The molecule has 2 atom stereocenters. The van der Waals surface area contributed by atoms with Crippen LogP contribution in [0.5, 0.6) is 0 Å². The van der Waals surface area contributed by atoms with Gasteiger partial charge in [0.2, 0.25) is 0 Å². The van der Waals surface area contributed by atoms with Gasteiger partial charge in [0.15, 0.2) is 0 Å². The van der Waals surface area contributed by atoms with Gasteiger partial charge in [0, 0.05) is 0 Å². The molecular formula is C14H32P2. The highest BCUT2D eigenvalue weighted by molar-refractivity contribution is 8.31. The predicted octanol–water partition coefficient (Wildman–Crippen LogP) is 6.28. The molecule has 0 aliphatic rings. The minimum Gasteiger partial charge on any atom is -0.0721 e. The van der Waals surface area contributed by atoms with Gasteiger partial charge in [0.25, 0.3) is 0 Å². The van der Waals surface area contributed by atoms with E-state index in [1.54, 1.807) is 0 Å². The van der Waals surface area contributed by atoms with Crippen LogP contribution in [0.15, 0.2) is 0 Å². The zero-order valence-corrected chi connectivity index (χ0v) is 14.8. The summed E-state index contributed by atoms with van der Waals surface area (Å²) in [6.45, 7) is 24.4. The van der Waals surface area contributed by atoms with E-state index in [1.165, 1.54) is 0 Å². The molecule has 0 aromatic carbocycles. The Kier molecular flexibility index (Phi) is 5.97. The van der Waals surface area contributed by atoms with E-state index in [9.17, 15) is 0 Å². The van der Waals surface area contributed by atoms with Crippen LogP contribution >= 0.6 is 15.2 Å². The van der Waals surface area contributed by atoms with Gasteiger partial charge in [-0.05, 0) is 21.6 Å². The molecule has 0 rings (SSSR count). The lowest BCUT2D eigenvalue weighted by Gasteiger charge is -2.49. The van der Waals surface area contributed by atoms with Gasteiger partial charge in [0.1, 0.15) is 0 Å². The molecule has 0 heterocycles. The summed E-state index contributed by atoms with van der Waals surface area (Å²) in [5.74, 6) is 0. The van der Waals surface area contributed by atoms with E-state index in [1.807, 2.05) is 0 Å². The van der Waals surface area contributed by atoms with Gasteiger partial charge in [-0.25, -0.2) is 0 Å². The highest BCUT2D eigenvalue weighted by atomic mass is 32.1. The maximum absolute atomic E-state index is 2.45. The predicted molar refractivity (Wildman–Crippen MR) is 83.6 cm³/mol. The van der Waals surface area contributed by atoms with E-state index < -0.39 is 0 Å². The molecule has 98 valence electrons. The molecule has 0 fully saturated rings. The lowest BCUT2D eigenvalue weighted by atomic mass is 10.3. The van der Waals surface area contributed by atoms with Crippen LogP contribution < -0.4 is 0 Å². The summed E-state index contributed by atoms with van der Waals surface area (Å²) in [4.78, 5) is 0. The van der Waals surface area contributed by atoms with Crippen LogP contribution in [0.4, 0.5) is 0 Å². The molecule has 0 amide bonds. The van der Waals surface area contributed by atoms with Gasteiger partial charge in [-0.15, -0.1) is 0 Å². The van der Waals surface area contributed by atoms with Gasteiger partial charge in [-0.2, -0.15) is 0 Å². The molecule has 0 spiro atoms. The fraction of sp³-hybridized carbons (Fsp3) is 1.00. The van der Waals surface area contributed by atoms with Crippen molar-refractivity contribution in [2.24, 2.45) is 0 Å². The Bertz CT molecular complexity index is 182. The van der Waals surface area contributed by atoms with E-state index >= 15 is 0 Å². The molecule has 0 aromatic heterocycles. The van der Waals surface area contributed by atoms with Gasteiger partial charge in [-0.3, -0.25) is 0 Å². The van der Waals surface area contributed by atoms with Crippen molar-refractivity contribution in [2.45, 2.75) is 90.9 Å². The van der Waals surface area contributed by atoms with Crippen LogP contribution in [0.3, 0.4) is 0 Å². The number of hydrogen-bond donors (Lipinski definition) is 0. The van der Waals surface area contributed by atoms with Crippen molar-refractivity contribution in [3.63, 3.8) is 0 Å². The van der Waals surface area contributed by atoms with Gasteiger partial charge >= 0.3 is 0 Å². The van der Waals surface area contributed by atoms with E-state index in [-0.39, 0.29) is 15.2 Å². The van der Waals surface area contributed by atoms with Crippen molar-refractivity contribution in [3.8, 4) is 0 Å². The summed E-state index contributed by atoms with van der Waals surface area (Å²) in [5, 5.41) is 0.986. The highest BCUT2D eigenvalue weighted by Crippen LogP contribution is 2.83. The average molecular weight is 262 g/mol. The molecular weight excluding hydrogens is 230 g/mol. The molecule has 0 nitrogen and oxygen atoms in total. The lowest BCUT2D eigenvalue weighted by molar-refractivity contribution is 0.759. The molecule has 0 saturated carbocycles. The van der Waals surface area contributed by atoms with Crippen LogP contribution in [0, 0.1) is 0 Å². The smallest absolute Gasteiger partial charge is 0.0138 e. The SMILES string of the molecule is CC(C)P(P(C(C)C)C(C)(C)C)C(C)(C)C. The summed E-state index contributed by atoms with van der Waals surface area (Å²) in [6, 6.07) is 0. The maximum atomic E-state index is 2.45. The molecule has 0 N–H and O–H groups in total. The van der Waals surface area contributed by atoms with Crippen molar-refractivity contribution < 1.29 is 0 Å². The second-order valence-corrected chi connectivity index (χ2v) is 15.9. The van der Waals surface area contributed by atoms with Gasteiger partial charge in [0.05, 0.1) is 0 Å². The normalized spacial score (nSPS) is 18.0. The van der Waals surface area contributed by atoms with Gasteiger partial charge < -0.3 is 0 Å². The number of hydrogen-bond acceptors (Lipinski definition) is 0. The molecule has 0 aromatic rings. The fourth-order valence-electron chi connectivity index (χ4n) is 2.69. The molecule has 2 unspecified atom stereocenters. The van der Waals surface area contributed by atoms with Crippen molar-refractivity contribution in [3.05, 3.63) is 0 Å². The standard InChI is InChI=1S/C14H32P2/c1-11(2)15(13(5,6)7)16(12(3)4)14(8,9)10/h11-12H,1-10H3. The van der Waals surface area contributed by atoms with Gasteiger partial charge in [-0.1, -0.05) is 84.5 Å². The number of rotatable bonds is 3. The molecule has 0 aliphatic heterocycles. The Morgan fingerprint density at radius 1 is 0.562 bits per heavy atom. The largest absolute Gasteiger partial charge is 0.0721 e. The molecule has 2 heteroatoms. The Balaban J connectivity index is 5.30. The van der Waals surface area contributed by atoms with Crippen LogP contribution in [0.25, 0.3) is 0 Å². The van der Waals surface area contributed by atoms with Crippen LogP contribution in [-0.2, 0) is 0 Å². The highest BCUT2D eigenvalue weighted by Gasteiger charge is 2.40. The molecule has 0 aliphatic carbocycles. The monoisotopic (exact) mass is 262 g/mol. The van der Waals surface area contributed by atoms with Crippen molar-refractivity contribution in [1.82, 2.24) is 0 Å². The lowest BCUT2D eigenvalue weighted by Crippen LogP contribution is -2.24. The van der Waals surface area contributed by atoms with Crippen molar-refractivity contribution >= 4 is 15.2 Å². The molecule has 0 bridgehead atoms. The fourth-order valence-corrected chi connectivity index (χ4v) is 14.9. The maximum Gasteiger partial charge on any atom is -0.0138 e.